The first-order valence-electron chi connectivity index (χ1n) is 8.26. The van der Waals surface area contributed by atoms with Crippen LogP contribution in [0, 0.1) is 10.1 Å². The fraction of sp³-hybridized carbons (Fsp3) is 0.278. The molecule has 0 bridgehead atoms. The van der Waals surface area contributed by atoms with Crippen LogP contribution in [0.5, 0.6) is 0 Å². The van der Waals surface area contributed by atoms with E-state index in [4.69, 9.17) is 4.74 Å². The molecule has 2 rings (SSSR count). The van der Waals surface area contributed by atoms with Gasteiger partial charge in [0.05, 0.1) is 4.92 Å². The van der Waals surface area contributed by atoms with Crippen molar-refractivity contribution in [2.75, 3.05) is 6.54 Å². The Morgan fingerprint density at radius 2 is 1.83 bits per heavy atom. The highest BCUT2D eigenvalue weighted by Crippen LogP contribution is 2.37. The van der Waals surface area contributed by atoms with E-state index in [-0.39, 0.29) is 12.2 Å². The average molecular weight is 414 g/mol. The number of halogens is 3. The van der Waals surface area contributed by atoms with E-state index in [0.29, 0.717) is 12.1 Å². The Bertz CT molecular complexity index is 860. The van der Waals surface area contributed by atoms with Crippen molar-refractivity contribution in [3.63, 3.8) is 0 Å². The highest BCUT2D eigenvalue weighted by Gasteiger charge is 2.38. The highest BCUT2D eigenvalue weighted by molar-refractivity contribution is 5.67. The van der Waals surface area contributed by atoms with Gasteiger partial charge in [-0.2, -0.15) is 13.2 Å². The fourth-order valence-electron chi connectivity index (χ4n) is 2.42. The van der Waals surface area contributed by atoms with Crippen molar-refractivity contribution >= 4 is 11.8 Å². The second-order valence-electron chi connectivity index (χ2n) is 5.99. The number of benzene rings is 2. The standard InChI is InChI=1S/C18H17F3N2O6/c19-18(20,21)13-7-6-12(8-14(13)23(27)28)16(25)15(24)9-22-17(26)29-10-11-4-2-1-3-5-11/h1-8,15-16,24-25H,9-10H2,(H,22,26). The zero-order valence-corrected chi connectivity index (χ0v) is 14.8. The number of nitrogens with one attached hydrogen (secondary N) is 1. The van der Waals surface area contributed by atoms with Gasteiger partial charge in [-0.25, -0.2) is 4.79 Å². The number of hydrogen-bond donors (Lipinski definition) is 3. The van der Waals surface area contributed by atoms with Gasteiger partial charge in [-0.1, -0.05) is 36.4 Å². The number of rotatable bonds is 7. The minimum atomic E-state index is -4.95. The molecule has 2 aromatic carbocycles. The summed E-state index contributed by atoms with van der Waals surface area (Å²) in [5.74, 6) is 0. The van der Waals surface area contributed by atoms with Gasteiger partial charge in [0.25, 0.3) is 5.69 Å². The summed E-state index contributed by atoms with van der Waals surface area (Å²) < 4.78 is 43.4. The molecule has 0 saturated carbocycles. The largest absolute Gasteiger partial charge is 0.445 e. The third-order valence-electron chi connectivity index (χ3n) is 3.90. The van der Waals surface area contributed by atoms with Crippen LogP contribution in [0.2, 0.25) is 0 Å². The molecule has 2 aromatic rings. The van der Waals surface area contributed by atoms with Crippen LogP contribution < -0.4 is 5.32 Å². The number of nitrogens with zero attached hydrogens (tertiary/aromatic N) is 1. The molecule has 0 aliphatic heterocycles. The van der Waals surface area contributed by atoms with Gasteiger partial charge in [0.1, 0.15) is 24.4 Å². The third kappa shape index (κ3) is 6.16. The molecule has 0 aliphatic rings. The first kappa shape index (κ1) is 22.1. The summed E-state index contributed by atoms with van der Waals surface area (Å²) in [4.78, 5) is 21.3. The molecular formula is C18H17F3N2O6. The number of alkyl carbamates (subject to hydrolysis) is 1. The number of amides is 1. The van der Waals surface area contributed by atoms with Gasteiger partial charge in [-0.15, -0.1) is 0 Å². The predicted octanol–water partition coefficient (Wildman–Crippen LogP) is 2.93. The van der Waals surface area contributed by atoms with Gasteiger partial charge in [0, 0.05) is 12.6 Å². The van der Waals surface area contributed by atoms with Gasteiger partial charge in [-0.05, 0) is 17.2 Å². The molecule has 0 heterocycles. The molecule has 0 aliphatic carbocycles. The first-order valence-corrected chi connectivity index (χ1v) is 8.26. The van der Waals surface area contributed by atoms with Crippen molar-refractivity contribution in [1.82, 2.24) is 5.32 Å². The van der Waals surface area contributed by atoms with E-state index in [1.54, 1.807) is 30.3 Å². The lowest BCUT2D eigenvalue weighted by atomic mass is 10.0. The second-order valence-corrected chi connectivity index (χ2v) is 5.99. The predicted molar refractivity (Wildman–Crippen MR) is 93.7 cm³/mol. The molecule has 2 unspecified atom stereocenters. The van der Waals surface area contributed by atoms with Crippen LogP contribution in [-0.4, -0.2) is 33.9 Å². The van der Waals surface area contributed by atoms with Gasteiger partial charge in [-0.3, -0.25) is 10.1 Å². The topological polar surface area (TPSA) is 122 Å². The molecule has 0 aromatic heterocycles. The van der Waals surface area contributed by atoms with Gasteiger partial charge in [0.15, 0.2) is 0 Å². The lowest BCUT2D eigenvalue weighted by Gasteiger charge is -2.19. The van der Waals surface area contributed by atoms with Crippen molar-refractivity contribution in [2.24, 2.45) is 0 Å². The normalized spacial score (nSPS) is 13.4. The number of hydrogen-bond acceptors (Lipinski definition) is 6. The maximum Gasteiger partial charge on any atom is 0.422 e. The minimum absolute atomic E-state index is 0.0313. The third-order valence-corrected chi connectivity index (χ3v) is 3.90. The molecule has 156 valence electrons. The van der Waals surface area contributed by atoms with Crippen molar-refractivity contribution in [2.45, 2.75) is 25.0 Å². The molecule has 0 spiro atoms. The Morgan fingerprint density at radius 1 is 1.17 bits per heavy atom. The maximum atomic E-state index is 12.8. The smallest absolute Gasteiger partial charge is 0.422 e. The lowest BCUT2D eigenvalue weighted by molar-refractivity contribution is -0.388. The molecule has 0 radical (unpaired) electrons. The summed E-state index contributed by atoms with van der Waals surface area (Å²) in [6.45, 7) is -0.528. The van der Waals surface area contributed by atoms with Crippen LogP contribution in [0.4, 0.5) is 23.7 Å². The molecule has 11 heteroatoms. The Kier molecular flexibility index (Phi) is 7.13. The Hall–Kier alpha value is -3.18. The van der Waals surface area contributed by atoms with Crippen molar-refractivity contribution in [1.29, 1.82) is 0 Å². The molecule has 29 heavy (non-hydrogen) atoms. The summed E-state index contributed by atoms with van der Waals surface area (Å²) in [5, 5.41) is 33.1. The number of aliphatic hydroxyl groups is 2. The Balaban J connectivity index is 1.97. The summed E-state index contributed by atoms with van der Waals surface area (Å²) in [7, 11) is 0. The zero-order chi connectivity index (χ0) is 21.6. The Labute approximate surface area is 162 Å². The van der Waals surface area contributed by atoms with E-state index < -0.39 is 47.2 Å². The van der Waals surface area contributed by atoms with Crippen LogP contribution in [0.3, 0.4) is 0 Å². The van der Waals surface area contributed by atoms with E-state index in [0.717, 1.165) is 11.6 Å². The molecule has 2 atom stereocenters. The number of carbonyl (C=O) groups is 1. The number of ether oxygens (including phenoxy) is 1. The second kappa shape index (κ2) is 9.34. The van der Waals surface area contributed by atoms with Crippen LogP contribution in [0.1, 0.15) is 22.8 Å². The van der Waals surface area contributed by atoms with E-state index in [2.05, 4.69) is 5.32 Å². The van der Waals surface area contributed by atoms with Crippen LogP contribution >= 0.6 is 0 Å². The van der Waals surface area contributed by atoms with E-state index in [1.165, 1.54) is 0 Å². The van der Waals surface area contributed by atoms with Gasteiger partial charge in [0.2, 0.25) is 0 Å². The number of aliphatic hydroxyl groups excluding tert-OH is 2. The Morgan fingerprint density at radius 3 is 2.41 bits per heavy atom. The summed E-state index contributed by atoms with van der Waals surface area (Å²) in [6.07, 6.45) is -9.26. The van der Waals surface area contributed by atoms with Crippen molar-refractivity contribution < 1.29 is 37.8 Å². The van der Waals surface area contributed by atoms with Gasteiger partial charge < -0.3 is 20.3 Å². The summed E-state index contributed by atoms with van der Waals surface area (Å²) in [6, 6.07) is 10.5. The number of nitro groups is 1. The zero-order valence-electron chi connectivity index (χ0n) is 14.8. The van der Waals surface area contributed by atoms with Crippen molar-refractivity contribution in [3.8, 4) is 0 Å². The van der Waals surface area contributed by atoms with Gasteiger partial charge >= 0.3 is 12.3 Å². The number of nitro benzene ring substituents is 1. The molecule has 8 nitrogen and oxygen atoms in total. The molecule has 0 fully saturated rings. The number of carbonyl (C=O) groups excluding carboxylic acids is 1. The first-order chi connectivity index (χ1) is 13.6. The molecular weight excluding hydrogens is 397 g/mol. The highest BCUT2D eigenvalue weighted by atomic mass is 19.4. The fourth-order valence-corrected chi connectivity index (χ4v) is 2.42. The van der Waals surface area contributed by atoms with E-state index in [1.807, 2.05) is 0 Å². The van der Waals surface area contributed by atoms with Crippen LogP contribution in [0.15, 0.2) is 48.5 Å². The van der Waals surface area contributed by atoms with Crippen LogP contribution in [-0.2, 0) is 17.5 Å². The van der Waals surface area contributed by atoms with Crippen LogP contribution in [0.25, 0.3) is 0 Å². The summed E-state index contributed by atoms with van der Waals surface area (Å²) in [5.41, 5.74) is -2.32. The quantitative estimate of drug-likeness (QED) is 0.473. The number of alkyl halides is 3. The summed E-state index contributed by atoms with van der Waals surface area (Å²) >= 11 is 0. The SMILES string of the molecule is O=C(NCC(O)C(O)c1ccc(C(F)(F)F)c([N+](=O)[O-])c1)OCc1ccccc1. The molecule has 1 amide bonds. The van der Waals surface area contributed by atoms with E-state index in [9.17, 15) is 38.3 Å². The molecule has 0 saturated heterocycles. The maximum absolute atomic E-state index is 12.8. The minimum Gasteiger partial charge on any atom is -0.445 e. The van der Waals surface area contributed by atoms with E-state index >= 15 is 0 Å². The molecule has 3 N–H and O–H groups in total. The average Bonchev–Trinajstić information content (AvgIpc) is 2.69. The van der Waals surface area contributed by atoms with Crippen molar-refractivity contribution in [3.05, 3.63) is 75.3 Å². The monoisotopic (exact) mass is 414 g/mol. The lowest BCUT2D eigenvalue weighted by Crippen LogP contribution is -2.35.